The summed E-state index contributed by atoms with van der Waals surface area (Å²) < 4.78 is 26.6. The van der Waals surface area contributed by atoms with Crippen LogP contribution in [0.1, 0.15) is 16.0 Å². The fourth-order valence-electron chi connectivity index (χ4n) is 1.81. The predicted molar refractivity (Wildman–Crippen MR) is 88.8 cm³/mol. The van der Waals surface area contributed by atoms with Crippen molar-refractivity contribution in [1.29, 1.82) is 0 Å². The molecular weight excluding hydrogens is 320 g/mol. The Bertz CT molecular complexity index is 795. The van der Waals surface area contributed by atoms with Gasteiger partial charge in [-0.15, -0.1) is 11.3 Å². The van der Waals surface area contributed by atoms with E-state index in [1.807, 2.05) is 32.9 Å². The molecule has 1 aromatic heterocycles. The molecule has 0 spiro atoms. The molecule has 7 heteroatoms. The Hall–Kier alpha value is -1.70. The molecule has 2 N–H and O–H groups in total. The van der Waals surface area contributed by atoms with E-state index in [0.29, 0.717) is 5.69 Å². The van der Waals surface area contributed by atoms with E-state index >= 15 is 0 Å². The Kier molecular flexibility index (Phi) is 5.00. The van der Waals surface area contributed by atoms with Gasteiger partial charge in [0.1, 0.15) is 4.21 Å². The van der Waals surface area contributed by atoms with E-state index in [1.165, 1.54) is 17.4 Å². The number of carbonyl (C=O) groups is 1. The maximum atomic E-state index is 12.0. The number of hydrogen-bond acceptors (Lipinski definition) is 4. The highest BCUT2D eigenvalue weighted by Gasteiger charge is 2.17. The molecule has 0 unspecified atom stereocenters. The largest absolute Gasteiger partial charge is 0.325 e. The molecule has 118 valence electrons. The number of benzene rings is 1. The summed E-state index contributed by atoms with van der Waals surface area (Å²) in [6.45, 7) is 5.47. The monoisotopic (exact) mass is 338 g/mol. The fourth-order valence-corrected chi connectivity index (χ4v) is 4.12. The first-order valence-electron chi connectivity index (χ1n) is 6.71. The maximum Gasteiger partial charge on any atom is 0.250 e. The van der Waals surface area contributed by atoms with Gasteiger partial charge in [-0.05, 0) is 56.2 Å². The lowest BCUT2D eigenvalue weighted by molar-refractivity contribution is -0.115. The van der Waals surface area contributed by atoms with Crippen LogP contribution >= 0.6 is 11.3 Å². The minimum Gasteiger partial charge on any atom is -0.325 e. The van der Waals surface area contributed by atoms with Gasteiger partial charge in [-0.3, -0.25) is 4.79 Å². The summed E-state index contributed by atoms with van der Waals surface area (Å²) >= 11 is 1.17. The predicted octanol–water partition coefficient (Wildman–Crippen LogP) is 2.59. The molecular formula is C15H18N2O3S2. The van der Waals surface area contributed by atoms with Gasteiger partial charge in [-0.1, -0.05) is 6.07 Å². The second-order valence-electron chi connectivity index (χ2n) is 5.04. The third-order valence-electron chi connectivity index (χ3n) is 3.19. The van der Waals surface area contributed by atoms with Crippen LogP contribution in [0.4, 0.5) is 5.69 Å². The highest BCUT2D eigenvalue weighted by molar-refractivity contribution is 7.91. The van der Waals surface area contributed by atoms with Crippen molar-refractivity contribution in [3.63, 3.8) is 0 Å². The zero-order valence-corrected chi connectivity index (χ0v) is 14.3. The number of aryl methyl sites for hydroxylation is 3. The number of hydrogen-bond donors (Lipinski definition) is 2. The van der Waals surface area contributed by atoms with E-state index in [0.717, 1.165) is 16.0 Å². The van der Waals surface area contributed by atoms with Gasteiger partial charge in [-0.2, -0.15) is 0 Å². The lowest BCUT2D eigenvalue weighted by Gasteiger charge is -2.08. The molecule has 0 saturated heterocycles. The first-order chi connectivity index (χ1) is 10.3. The van der Waals surface area contributed by atoms with Gasteiger partial charge in [0, 0.05) is 10.6 Å². The Balaban J connectivity index is 1.96. The van der Waals surface area contributed by atoms with Gasteiger partial charge in [0.2, 0.25) is 5.91 Å². The first kappa shape index (κ1) is 16.7. The van der Waals surface area contributed by atoms with E-state index in [-0.39, 0.29) is 10.8 Å². The Morgan fingerprint density at radius 2 is 1.82 bits per heavy atom. The third kappa shape index (κ3) is 4.16. The molecule has 1 amide bonds. The normalized spacial score (nSPS) is 11.4. The van der Waals surface area contributed by atoms with Gasteiger partial charge in [-0.25, -0.2) is 13.1 Å². The van der Waals surface area contributed by atoms with Crippen LogP contribution in [0, 0.1) is 20.8 Å². The molecule has 5 nitrogen and oxygen atoms in total. The molecule has 0 radical (unpaired) electrons. The quantitative estimate of drug-likeness (QED) is 0.880. The van der Waals surface area contributed by atoms with E-state index in [2.05, 4.69) is 10.0 Å². The molecule has 0 saturated carbocycles. The molecule has 2 rings (SSSR count). The second-order valence-corrected chi connectivity index (χ2v) is 8.32. The van der Waals surface area contributed by atoms with E-state index in [9.17, 15) is 13.2 Å². The SMILES string of the molecule is Cc1ccc(S(=O)(=O)NCC(=O)Nc2ccc(C)c(C)c2)s1. The molecule has 1 heterocycles. The van der Waals surface area contributed by atoms with Gasteiger partial charge >= 0.3 is 0 Å². The molecule has 0 aliphatic rings. The lowest BCUT2D eigenvalue weighted by atomic mass is 10.1. The highest BCUT2D eigenvalue weighted by atomic mass is 32.2. The second kappa shape index (κ2) is 6.60. The van der Waals surface area contributed by atoms with Crippen LogP contribution < -0.4 is 10.0 Å². The van der Waals surface area contributed by atoms with Crippen molar-refractivity contribution in [2.75, 3.05) is 11.9 Å². The Morgan fingerprint density at radius 1 is 1.09 bits per heavy atom. The standard InChI is InChI=1S/C15H18N2O3S2/c1-10-4-6-13(8-11(10)2)17-14(18)9-16-22(19,20)15-7-5-12(3)21-15/h4-8,16H,9H2,1-3H3,(H,17,18). The van der Waals surface area contributed by atoms with Crippen LogP contribution in [-0.2, 0) is 14.8 Å². The van der Waals surface area contributed by atoms with Crippen molar-refractivity contribution < 1.29 is 13.2 Å². The average molecular weight is 338 g/mol. The highest BCUT2D eigenvalue weighted by Crippen LogP contribution is 2.20. The van der Waals surface area contributed by atoms with Gasteiger partial charge in [0.25, 0.3) is 10.0 Å². The van der Waals surface area contributed by atoms with Gasteiger partial charge in [0.15, 0.2) is 0 Å². The van der Waals surface area contributed by atoms with E-state index in [4.69, 9.17) is 0 Å². The smallest absolute Gasteiger partial charge is 0.250 e. The Morgan fingerprint density at radius 3 is 2.41 bits per heavy atom. The summed E-state index contributed by atoms with van der Waals surface area (Å²) in [5, 5.41) is 2.68. The topological polar surface area (TPSA) is 75.3 Å². The van der Waals surface area contributed by atoms with Gasteiger partial charge in [0.05, 0.1) is 6.54 Å². The van der Waals surface area contributed by atoms with Crippen molar-refractivity contribution in [2.45, 2.75) is 25.0 Å². The van der Waals surface area contributed by atoms with Gasteiger partial charge < -0.3 is 5.32 Å². The summed E-state index contributed by atoms with van der Waals surface area (Å²) in [5.74, 6) is -0.403. The zero-order valence-electron chi connectivity index (χ0n) is 12.6. The fraction of sp³-hybridized carbons (Fsp3) is 0.267. The number of thiophene rings is 1. The van der Waals surface area contributed by atoms with Crippen molar-refractivity contribution in [3.05, 3.63) is 46.3 Å². The lowest BCUT2D eigenvalue weighted by Crippen LogP contribution is -2.32. The number of anilines is 1. The van der Waals surface area contributed by atoms with Crippen LogP contribution in [0.3, 0.4) is 0 Å². The van der Waals surface area contributed by atoms with Crippen LogP contribution in [0.25, 0.3) is 0 Å². The zero-order chi connectivity index (χ0) is 16.3. The van der Waals surface area contributed by atoms with Crippen molar-refractivity contribution in [2.24, 2.45) is 0 Å². The summed E-state index contributed by atoms with van der Waals surface area (Å²) in [7, 11) is -3.63. The molecule has 1 aromatic carbocycles. The van der Waals surface area contributed by atoms with Crippen LogP contribution in [-0.4, -0.2) is 20.9 Å². The summed E-state index contributed by atoms with van der Waals surface area (Å²) in [5.41, 5.74) is 2.85. The number of carbonyl (C=O) groups excluding carboxylic acids is 1. The van der Waals surface area contributed by atoms with Crippen molar-refractivity contribution in [3.8, 4) is 0 Å². The molecule has 0 bridgehead atoms. The molecule has 0 atom stereocenters. The van der Waals surface area contributed by atoms with Crippen LogP contribution in [0.15, 0.2) is 34.5 Å². The minimum absolute atomic E-state index is 0.212. The van der Waals surface area contributed by atoms with Crippen molar-refractivity contribution in [1.82, 2.24) is 4.72 Å². The van der Waals surface area contributed by atoms with Crippen LogP contribution in [0.2, 0.25) is 0 Å². The summed E-state index contributed by atoms with van der Waals surface area (Å²) in [4.78, 5) is 12.8. The number of amides is 1. The summed E-state index contributed by atoms with van der Waals surface area (Å²) in [6, 6.07) is 8.81. The number of nitrogens with one attached hydrogen (secondary N) is 2. The third-order valence-corrected chi connectivity index (χ3v) is 6.09. The summed E-state index contributed by atoms with van der Waals surface area (Å²) in [6.07, 6.45) is 0. The van der Waals surface area contributed by atoms with Crippen LogP contribution in [0.5, 0.6) is 0 Å². The minimum atomic E-state index is -3.63. The first-order valence-corrected chi connectivity index (χ1v) is 9.01. The maximum absolute atomic E-state index is 12.0. The van der Waals surface area contributed by atoms with Crippen molar-refractivity contribution >= 4 is 33.0 Å². The molecule has 22 heavy (non-hydrogen) atoms. The Labute approximate surface area is 134 Å². The number of sulfonamides is 1. The average Bonchev–Trinajstić information content (AvgIpc) is 2.88. The van der Waals surface area contributed by atoms with E-state index in [1.54, 1.807) is 12.1 Å². The molecule has 0 aliphatic heterocycles. The molecule has 0 aliphatic carbocycles. The molecule has 2 aromatic rings. The molecule has 0 fully saturated rings. The number of rotatable bonds is 5. The van der Waals surface area contributed by atoms with E-state index < -0.39 is 15.9 Å².